The summed E-state index contributed by atoms with van der Waals surface area (Å²) in [4.78, 5) is 179. The van der Waals surface area contributed by atoms with E-state index in [-0.39, 0.29) is 110 Å². The number of nitrogens with one attached hydrogen (secondary N) is 8. The third-order valence-corrected chi connectivity index (χ3v) is 19.4. The van der Waals surface area contributed by atoms with Gasteiger partial charge in [0.1, 0.15) is 36.3 Å². The number of alkyl carbamates (subject to hydrolysis) is 2. The van der Waals surface area contributed by atoms with E-state index in [4.69, 9.17) is 9.47 Å². The van der Waals surface area contributed by atoms with Crippen molar-refractivity contribution in [1.82, 2.24) is 62.1 Å². The lowest BCUT2D eigenvalue weighted by Crippen LogP contribution is -2.59. The molecule has 3 unspecified atom stereocenters. The number of likely N-dealkylation sites (tertiary alicyclic amines) is 2. The Kier molecular flexibility index (Phi) is 34.4. The highest BCUT2D eigenvalue weighted by Crippen LogP contribution is 2.39. The average Bonchev–Trinajstić information content (AvgIpc) is 1.64. The van der Waals surface area contributed by atoms with Gasteiger partial charge in [0, 0.05) is 52.7 Å². The highest BCUT2D eigenvalue weighted by atomic mass is 16.6. The molecule has 2 saturated carbocycles. The Labute approximate surface area is 638 Å². The van der Waals surface area contributed by atoms with Gasteiger partial charge in [0.15, 0.2) is 6.10 Å². The molecule has 28 heteroatoms. The monoisotopic (exact) mass is 1500 g/mol. The lowest BCUT2D eigenvalue weighted by Gasteiger charge is -2.35. The topological polar surface area (TPSA) is 370 Å². The van der Waals surface area contributed by atoms with E-state index in [9.17, 15) is 67.4 Å². The molecule has 2 heterocycles. The van der Waals surface area contributed by atoms with Crippen molar-refractivity contribution in [1.29, 1.82) is 0 Å². The van der Waals surface area contributed by atoms with Crippen molar-refractivity contribution in [3.05, 3.63) is 71.8 Å². The number of ether oxygens (including phenoxy) is 2. The van der Waals surface area contributed by atoms with Crippen molar-refractivity contribution >= 4 is 77.0 Å². The molecule has 2 aromatic rings. The predicted molar refractivity (Wildman–Crippen MR) is 416 cm³/mol. The van der Waals surface area contributed by atoms with Crippen LogP contribution in [-0.2, 0) is 62.2 Å². The van der Waals surface area contributed by atoms with Crippen molar-refractivity contribution in [3.8, 4) is 0 Å². The molecule has 2 aliphatic carbocycles. The maximum absolute atomic E-state index is 14.3. The fraction of sp³-hybridized carbons (Fsp3) is 0.679. The van der Waals surface area contributed by atoms with Crippen molar-refractivity contribution in [3.63, 3.8) is 0 Å². The quantitative estimate of drug-likeness (QED) is 0.0313. The minimum absolute atomic E-state index is 0. The predicted octanol–water partition coefficient (Wildman–Crippen LogP) is 7.97. The molecule has 9 N–H and O–H groups in total. The SMILES string of the molecule is CC(C)COC(=O)N[C@H](C(=O)N1CC(C)(C)CC1C(=O)N[C@@H](CC(C)C)C(=O)C(=O)NCC(=O)N[C@H](C(=O)N(C)C)c1ccccc1)C1CCCCC1.CC(C)COC(=O)N[C@H](C(=O)N1CC(C)(C)CC1C(=O)N[C@@H](CC(C)C)C(O)C(=O)NCC(=O)N[C@H](C(=O)N(C)C)c1ccccc1)C1CCCCC1.[HH].[HH].[HH].[HH].[HH].[HH].[HH].[HH]. The number of benzene rings is 2. The van der Waals surface area contributed by atoms with E-state index < -0.39 is 132 Å². The molecule has 12 amide bonds. The second-order valence-electron chi connectivity index (χ2n) is 32.7. The Hall–Kier alpha value is -8.69. The Morgan fingerprint density at radius 1 is 0.500 bits per heavy atom. The Morgan fingerprint density at radius 2 is 0.877 bits per heavy atom. The average molecular weight is 1500 g/mol. The molecule has 2 aliphatic heterocycles. The number of aliphatic hydroxyl groups excluding tert-OH is 1. The lowest BCUT2D eigenvalue weighted by molar-refractivity contribution is -0.143. The molecule has 9 atom stereocenters. The van der Waals surface area contributed by atoms with Gasteiger partial charge in [-0.3, -0.25) is 52.7 Å². The van der Waals surface area contributed by atoms with Gasteiger partial charge in [0.05, 0.1) is 38.4 Å². The van der Waals surface area contributed by atoms with Crippen LogP contribution in [0.5, 0.6) is 0 Å². The molecular weight excluding hydrogens is 1360 g/mol. The molecule has 4 aliphatic rings. The number of hydrogen-bond donors (Lipinski definition) is 9. The summed E-state index contributed by atoms with van der Waals surface area (Å²) in [6.07, 6.45) is 6.84. The van der Waals surface area contributed by atoms with Crippen molar-refractivity contribution in [2.75, 3.05) is 67.6 Å². The Morgan fingerprint density at radius 3 is 1.25 bits per heavy atom. The highest BCUT2D eigenvalue weighted by Gasteiger charge is 2.50. The summed E-state index contributed by atoms with van der Waals surface area (Å²) in [6.45, 7) is 22.8. The first-order valence-electron chi connectivity index (χ1n) is 37.8. The van der Waals surface area contributed by atoms with E-state index in [0.29, 0.717) is 24.0 Å². The molecule has 2 saturated heterocycles. The largest absolute Gasteiger partial charge is 0.449 e. The van der Waals surface area contributed by atoms with Crippen LogP contribution in [0.3, 0.4) is 0 Å². The number of hydrogen-bond acceptors (Lipinski definition) is 16. The van der Waals surface area contributed by atoms with Gasteiger partial charge in [-0.15, -0.1) is 0 Å². The van der Waals surface area contributed by atoms with Gasteiger partial charge in [-0.1, -0.05) is 182 Å². The van der Waals surface area contributed by atoms with Crippen LogP contribution in [0.25, 0.3) is 0 Å². The van der Waals surface area contributed by atoms with Crippen LogP contribution in [-0.4, -0.2) is 212 Å². The molecule has 6 rings (SSSR count). The molecule has 0 bridgehead atoms. The van der Waals surface area contributed by atoms with Gasteiger partial charge in [-0.25, -0.2) is 9.59 Å². The fourth-order valence-electron chi connectivity index (χ4n) is 14.0. The van der Waals surface area contributed by atoms with Crippen molar-refractivity contribution in [2.24, 2.45) is 46.3 Å². The van der Waals surface area contributed by atoms with Gasteiger partial charge in [-0.2, -0.15) is 0 Å². The molecule has 606 valence electrons. The van der Waals surface area contributed by atoms with Gasteiger partial charge in [0.25, 0.3) is 11.8 Å². The number of Topliss-reactive ketones (excluding diaryl/α,β-unsaturated/α-hetero) is 1. The summed E-state index contributed by atoms with van der Waals surface area (Å²) in [5.74, 6) is -6.87. The van der Waals surface area contributed by atoms with Crippen molar-refractivity contribution < 1.29 is 88.3 Å². The van der Waals surface area contributed by atoms with E-state index >= 15 is 0 Å². The summed E-state index contributed by atoms with van der Waals surface area (Å²) in [5.41, 5.74) is 0.257. The molecule has 4 fully saturated rings. The maximum Gasteiger partial charge on any atom is 0.407 e. The zero-order chi connectivity index (χ0) is 78.9. The normalized spacial score (nSPS) is 19.1. The first-order chi connectivity index (χ1) is 49.8. The third kappa shape index (κ3) is 27.6. The van der Waals surface area contributed by atoms with Gasteiger partial charge in [0.2, 0.25) is 53.0 Å². The van der Waals surface area contributed by atoms with E-state index in [1.54, 1.807) is 88.9 Å². The number of aliphatic hydroxyl groups is 1. The first kappa shape index (κ1) is 87.9. The summed E-state index contributed by atoms with van der Waals surface area (Å²) in [5, 5.41) is 32.5. The second kappa shape index (κ2) is 41.4. The molecule has 0 aromatic heterocycles. The summed E-state index contributed by atoms with van der Waals surface area (Å²) >= 11 is 0. The van der Waals surface area contributed by atoms with Crippen LogP contribution in [0.4, 0.5) is 9.59 Å². The molecular formula is C78H138N12O16. The van der Waals surface area contributed by atoms with Crippen LogP contribution in [0.2, 0.25) is 0 Å². The van der Waals surface area contributed by atoms with Crippen LogP contribution in [0.1, 0.15) is 208 Å². The molecule has 0 radical (unpaired) electrons. The smallest absolute Gasteiger partial charge is 0.407 e. The number of ketones is 1. The first-order valence-corrected chi connectivity index (χ1v) is 37.8. The second-order valence-corrected chi connectivity index (χ2v) is 32.7. The van der Waals surface area contributed by atoms with E-state index in [1.165, 1.54) is 19.6 Å². The van der Waals surface area contributed by atoms with Gasteiger partial charge in [-0.05, 0) is 109 Å². The minimum Gasteiger partial charge on any atom is -0.449 e. The number of nitrogens with zero attached hydrogens (tertiary/aromatic N) is 4. The number of amides is 12. The maximum atomic E-state index is 14.3. The number of carbonyl (C=O) groups is 13. The van der Waals surface area contributed by atoms with Crippen LogP contribution in [0, 0.1) is 46.3 Å². The minimum atomic E-state index is -1.71. The Bertz CT molecular complexity index is 3340. The summed E-state index contributed by atoms with van der Waals surface area (Å²) < 4.78 is 10.7. The number of rotatable bonds is 32. The molecule has 0 spiro atoms. The van der Waals surface area contributed by atoms with E-state index in [1.807, 2.05) is 83.1 Å². The fourth-order valence-corrected chi connectivity index (χ4v) is 14.0. The van der Waals surface area contributed by atoms with Crippen molar-refractivity contribution in [2.45, 2.75) is 227 Å². The number of likely N-dealkylation sites (N-methyl/N-ethyl adjacent to an activating group) is 2. The molecule has 106 heavy (non-hydrogen) atoms. The van der Waals surface area contributed by atoms with Gasteiger partial charge >= 0.3 is 12.2 Å². The standard InChI is InChI=1S/C39H62N6O8.C39H60N6O8.8H2/c2*1-24(2)19-28(33(47)35(49)40-21-30(46)42-31(36(50)44(7)8)26-15-11-9-12-16-26)41-34(48)29-20-39(5,6)23-45(29)37(51)32(27-17-13-10-14-18-27)43-38(52)53-22-25(3)4;;;;;;;;/h9,11-12,15-16,24-25,27-29,31-33,47H,10,13-14,17-23H2,1-8H3,(H,40,49)(H,41,48)(H,42,46)(H,43,52);9,11-12,15-16,24-25,27-29,31-32H,10,13-14,17-23H2,1-8H3,(H,40,49)(H,41,48)(H,42,46)(H,43,52);8*1H/t28-,29?,31-,32-,33?;28-,29?,31-,32-;;;;;;;;/m00......../s1. The van der Waals surface area contributed by atoms with E-state index in [2.05, 4.69) is 42.5 Å². The van der Waals surface area contributed by atoms with Crippen LogP contribution >= 0.6 is 0 Å². The zero-order valence-corrected chi connectivity index (χ0v) is 65.4. The van der Waals surface area contributed by atoms with Crippen LogP contribution < -0.4 is 42.5 Å². The highest BCUT2D eigenvalue weighted by molar-refractivity contribution is 6.38. The van der Waals surface area contributed by atoms with Gasteiger partial charge < -0.3 is 76.7 Å². The molecule has 28 nitrogen and oxygen atoms in total. The number of carbonyl (C=O) groups excluding carboxylic acids is 13. The van der Waals surface area contributed by atoms with E-state index in [0.717, 1.165) is 64.2 Å². The molecule has 2 aromatic carbocycles. The summed E-state index contributed by atoms with van der Waals surface area (Å²) in [6, 6.07) is 9.53. The Balaban J connectivity index is -0.000000992. The van der Waals surface area contributed by atoms with Crippen LogP contribution in [0.15, 0.2) is 60.7 Å². The summed E-state index contributed by atoms with van der Waals surface area (Å²) in [7, 11) is 6.27. The zero-order valence-electron chi connectivity index (χ0n) is 65.4. The lowest BCUT2D eigenvalue weighted by atomic mass is 9.83. The third-order valence-electron chi connectivity index (χ3n) is 19.4.